The number of alkyl halides is 2. The SMILES string of the molecule is FC(F)n1ccnc1CSc1ncnc2c1cnn2-c1ccccc1. The van der Waals surface area contributed by atoms with Crippen molar-refractivity contribution >= 4 is 22.8 Å². The van der Waals surface area contributed by atoms with Gasteiger partial charge in [-0.05, 0) is 12.1 Å². The Bertz CT molecular complexity index is 998. The predicted molar refractivity (Wildman–Crippen MR) is 89.7 cm³/mol. The van der Waals surface area contributed by atoms with E-state index >= 15 is 0 Å². The van der Waals surface area contributed by atoms with Crippen molar-refractivity contribution in [2.24, 2.45) is 0 Å². The molecule has 0 unspecified atom stereocenters. The van der Waals surface area contributed by atoms with Crippen LogP contribution in [0.2, 0.25) is 0 Å². The number of thioether (sulfide) groups is 1. The minimum Gasteiger partial charge on any atom is -0.277 e. The molecule has 0 bridgehead atoms. The van der Waals surface area contributed by atoms with E-state index in [0.29, 0.717) is 16.5 Å². The number of aromatic nitrogens is 6. The molecule has 0 radical (unpaired) electrons. The van der Waals surface area contributed by atoms with Crippen LogP contribution in [0.3, 0.4) is 0 Å². The topological polar surface area (TPSA) is 61.4 Å². The Morgan fingerprint density at radius 1 is 1.08 bits per heavy atom. The molecule has 126 valence electrons. The minimum atomic E-state index is -2.61. The predicted octanol–water partition coefficient (Wildman–Crippen LogP) is 3.70. The van der Waals surface area contributed by atoms with Crippen molar-refractivity contribution in [3.63, 3.8) is 0 Å². The van der Waals surface area contributed by atoms with E-state index < -0.39 is 6.55 Å². The molecular formula is C16H12F2N6S. The molecular weight excluding hydrogens is 346 g/mol. The lowest BCUT2D eigenvalue weighted by Crippen LogP contribution is -2.02. The van der Waals surface area contributed by atoms with Gasteiger partial charge in [-0.15, -0.1) is 0 Å². The van der Waals surface area contributed by atoms with E-state index in [9.17, 15) is 8.78 Å². The Hall–Kier alpha value is -2.81. The first-order valence-electron chi connectivity index (χ1n) is 7.41. The Labute approximate surface area is 145 Å². The summed E-state index contributed by atoms with van der Waals surface area (Å²) in [5, 5.41) is 5.82. The van der Waals surface area contributed by atoms with Crippen molar-refractivity contribution in [3.8, 4) is 5.69 Å². The summed E-state index contributed by atoms with van der Waals surface area (Å²) in [5.41, 5.74) is 1.56. The lowest BCUT2D eigenvalue weighted by Gasteiger charge is -2.06. The summed E-state index contributed by atoms with van der Waals surface area (Å²) >= 11 is 1.33. The lowest BCUT2D eigenvalue weighted by molar-refractivity contribution is 0.0678. The number of imidazole rings is 1. The number of rotatable bonds is 5. The summed E-state index contributed by atoms with van der Waals surface area (Å²) in [6.45, 7) is -2.61. The zero-order valence-corrected chi connectivity index (χ0v) is 13.6. The summed E-state index contributed by atoms with van der Waals surface area (Å²) in [4.78, 5) is 12.5. The molecule has 6 nitrogen and oxygen atoms in total. The minimum absolute atomic E-state index is 0.278. The van der Waals surface area contributed by atoms with Crippen LogP contribution in [0.1, 0.15) is 12.4 Å². The third kappa shape index (κ3) is 2.98. The third-order valence-corrected chi connectivity index (χ3v) is 4.63. The maximum absolute atomic E-state index is 12.9. The fourth-order valence-corrected chi connectivity index (χ4v) is 3.37. The Balaban J connectivity index is 1.65. The van der Waals surface area contributed by atoms with Gasteiger partial charge in [0.2, 0.25) is 0 Å². The first-order valence-corrected chi connectivity index (χ1v) is 8.39. The van der Waals surface area contributed by atoms with Gasteiger partial charge in [-0.25, -0.2) is 19.6 Å². The van der Waals surface area contributed by atoms with Crippen LogP contribution in [0.5, 0.6) is 0 Å². The Morgan fingerprint density at radius 2 is 1.92 bits per heavy atom. The molecule has 3 aromatic heterocycles. The van der Waals surface area contributed by atoms with Gasteiger partial charge in [0.15, 0.2) is 5.65 Å². The largest absolute Gasteiger partial charge is 0.319 e. The molecule has 0 aliphatic rings. The number of para-hydroxylation sites is 1. The smallest absolute Gasteiger partial charge is 0.277 e. The maximum atomic E-state index is 12.9. The van der Waals surface area contributed by atoms with Gasteiger partial charge in [0.1, 0.15) is 17.2 Å². The van der Waals surface area contributed by atoms with Crippen LogP contribution in [-0.4, -0.2) is 29.3 Å². The molecule has 0 amide bonds. The number of benzene rings is 1. The molecule has 25 heavy (non-hydrogen) atoms. The highest BCUT2D eigenvalue weighted by Gasteiger charge is 2.15. The van der Waals surface area contributed by atoms with Crippen LogP contribution in [0.15, 0.2) is 60.3 Å². The quantitative estimate of drug-likeness (QED) is 0.402. The Kier molecular flexibility index (Phi) is 4.14. The van der Waals surface area contributed by atoms with E-state index in [1.165, 1.54) is 30.5 Å². The van der Waals surface area contributed by atoms with Crippen molar-refractivity contribution in [3.05, 3.63) is 61.1 Å². The standard InChI is InChI=1S/C16H12F2N6S/c17-16(18)23-7-6-19-13(23)9-25-15-12-8-22-24(14(12)20-10-21-15)11-4-2-1-3-5-11/h1-8,10,16H,9H2. The second-order valence-corrected chi connectivity index (χ2v) is 6.09. The van der Waals surface area contributed by atoms with Gasteiger partial charge in [0.05, 0.1) is 23.0 Å². The van der Waals surface area contributed by atoms with Crippen LogP contribution in [0.25, 0.3) is 16.7 Å². The molecule has 0 atom stereocenters. The molecule has 4 rings (SSSR count). The van der Waals surface area contributed by atoms with Gasteiger partial charge in [-0.3, -0.25) is 4.57 Å². The molecule has 4 aromatic rings. The van der Waals surface area contributed by atoms with Crippen molar-refractivity contribution < 1.29 is 8.78 Å². The fourth-order valence-electron chi connectivity index (χ4n) is 2.46. The molecule has 0 saturated heterocycles. The number of halogens is 2. The maximum Gasteiger partial charge on any atom is 0.319 e. The number of nitrogens with zero attached hydrogens (tertiary/aromatic N) is 6. The average Bonchev–Trinajstić information content (AvgIpc) is 3.28. The van der Waals surface area contributed by atoms with Crippen LogP contribution >= 0.6 is 11.8 Å². The molecule has 3 heterocycles. The van der Waals surface area contributed by atoms with Gasteiger partial charge in [-0.1, -0.05) is 30.0 Å². The second kappa shape index (κ2) is 6.60. The summed E-state index contributed by atoms with van der Waals surface area (Å²) in [6, 6.07) is 9.63. The second-order valence-electron chi connectivity index (χ2n) is 5.13. The fraction of sp³-hybridized carbons (Fsp3) is 0.125. The highest BCUT2D eigenvalue weighted by molar-refractivity contribution is 7.98. The summed E-state index contributed by atoms with van der Waals surface area (Å²) in [7, 11) is 0. The first-order chi connectivity index (χ1) is 12.2. The summed E-state index contributed by atoms with van der Waals surface area (Å²) in [5.74, 6) is 0.571. The van der Waals surface area contributed by atoms with Crippen LogP contribution in [-0.2, 0) is 5.75 Å². The van der Waals surface area contributed by atoms with Crippen molar-refractivity contribution in [2.45, 2.75) is 17.3 Å². The normalized spacial score (nSPS) is 11.5. The molecule has 0 saturated carbocycles. The monoisotopic (exact) mass is 358 g/mol. The van der Waals surface area contributed by atoms with Gasteiger partial charge >= 0.3 is 6.55 Å². The van der Waals surface area contributed by atoms with Gasteiger partial charge in [0, 0.05) is 12.4 Å². The molecule has 1 aromatic carbocycles. The van der Waals surface area contributed by atoms with Crippen molar-refractivity contribution in [1.82, 2.24) is 29.3 Å². The number of hydrogen-bond acceptors (Lipinski definition) is 5. The molecule has 9 heteroatoms. The Morgan fingerprint density at radius 3 is 2.72 bits per heavy atom. The highest BCUT2D eigenvalue weighted by atomic mass is 32.2. The number of hydrogen-bond donors (Lipinski definition) is 0. The van der Waals surface area contributed by atoms with Crippen LogP contribution < -0.4 is 0 Å². The summed E-state index contributed by atoms with van der Waals surface area (Å²) in [6.07, 6.45) is 5.77. The third-order valence-electron chi connectivity index (χ3n) is 3.63. The van der Waals surface area contributed by atoms with E-state index in [-0.39, 0.29) is 5.75 Å². The highest BCUT2D eigenvalue weighted by Crippen LogP contribution is 2.28. The number of fused-ring (bicyclic) bond motifs is 1. The first kappa shape index (κ1) is 15.7. The molecule has 0 aliphatic carbocycles. The van der Waals surface area contributed by atoms with Crippen LogP contribution in [0, 0.1) is 0 Å². The lowest BCUT2D eigenvalue weighted by atomic mass is 10.3. The average molecular weight is 358 g/mol. The van der Waals surface area contributed by atoms with Gasteiger partial charge < -0.3 is 0 Å². The van der Waals surface area contributed by atoms with Crippen molar-refractivity contribution in [1.29, 1.82) is 0 Å². The van der Waals surface area contributed by atoms with E-state index in [1.54, 1.807) is 10.9 Å². The van der Waals surface area contributed by atoms with E-state index in [2.05, 4.69) is 20.1 Å². The van der Waals surface area contributed by atoms with E-state index in [1.807, 2.05) is 30.3 Å². The van der Waals surface area contributed by atoms with Gasteiger partial charge in [-0.2, -0.15) is 13.9 Å². The van der Waals surface area contributed by atoms with Crippen molar-refractivity contribution in [2.75, 3.05) is 0 Å². The molecule has 0 N–H and O–H groups in total. The molecule has 0 aliphatic heterocycles. The zero-order chi connectivity index (χ0) is 17.2. The molecule has 0 fully saturated rings. The molecule has 0 spiro atoms. The zero-order valence-electron chi connectivity index (χ0n) is 12.8. The van der Waals surface area contributed by atoms with Gasteiger partial charge in [0.25, 0.3) is 0 Å². The van der Waals surface area contributed by atoms with E-state index in [0.717, 1.165) is 15.6 Å². The van der Waals surface area contributed by atoms with E-state index in [4.69, 9.17) is 0 Å². The van der Waals surface area contributed by atoms with Crippen LogP contribution in [0.4, 0.5) is 8.78 Å². The summed E-state index contributed by atoms with van der Waals surface area (Å²) < 4.78 is 28.4.